The molecule has 31 heavy (non-hydrogen) atoms. The lowest BCUT2D eigenvalue weighted by atomic mass is 10.1. The van der Waals surface area contributed by atoms with E-state index >= 15 is 0 Å². The summed E-state index contributed by atoms with van der Waals surface area (Å²) in [6, 6.07) is 22.1. The van der Waals surface area contributed by atoms with E-state index in [1.54, 1.807) is 48.5 Å². The molecule has 0 unspecified atom stereocenters. The zero-order chi connectivity index (χ0) is 21.6. The molecule has 0 saturated carbocycles. The highest BCUT2D eigenvalue weighted by Gasteiger charge is 2.22. The molecule has 3 aromatic rings. The Morgan fingerprint density at radius 1 is 0.710 bits per heavy atom. The molecule has 3 aromatic carbocycles. The second-order valence-electron chi connectivity index (χ2n) is 7.28. The summed E-state index contributed by atoms with van der Waals surface area (Å²) in [5, 5.41) is 5.51. The zero-order valence-corrected chi connectivity index (χ0v) is 16.9. The van der Waals surface area contributed by atoms with Crippen LogP contribution in [-0.4, -0.2) is 43.0 Å². The van der Waals surface area contributed by atoms with Crippen molar-refractivity contribution in [2.75, 3.05) is 41.7 Å². The fourth-order valence-electron chi connectivity index (χ4n) is 3.51. The number of piperazine rings is 1. The molecule has 4 rings (SSSR count). The zero-order valence-electron chi connectivity index (χ0n) is 16.9. The third-order valence-electron chi connectivity index (χ3n) is 5.18. The largest absolute Gasteiger partial charge is 0.368 e. The van der Waals surface area contributed by atoms with Gasteiger partial charge in [-0.2, -0.15) is 0 Å². The van der Waals surface area contributed by atoms with Crippen molar-refractivity contribution in [1.29, 1.82) is 0 Å². The second kappa shape index (κ2) is 9.30. The first-order valence-electron chi connectivity index (χ1n) is 10.1. The van der Waals surface area contributed by atoms with Crippen LogP contribution in [-0.2, 0) is 0 Å². The number of carbonyl (C=O) groups is 2. The van der Waals surface area contributed by atoms with Gasteiger partial charge in [0, 0.05) is 48.8 Å². The van der Waals surface area contributed by atoms with Crippen LogP contribution in [0.5, 0.6) is 0 Å². The van der Waals surface area contributed by atoms with Gasteiger partial charge in [0.25, 0.3) is 5.91 Å². The number of nitrogens with zero attached hydrogens (tertiary/aromatic N) is 2. The third kappa shape index (κ3) is 5.19. The van der Waals surface area contributed by atoms with Crippen molar-refractivity contribution in [2.24, 2.45) is 0 Å². The topological polar surface area (TPSA) is 64.7 Å². The number of nitrogens with one attached hydrogen (secondary N) is 2. The van der Waals surface area contributed by atoms with Gasteiger partial charge in [-0.25, -0.2) is 9.18 Å². The summed E-state index contributed by atoms with van der Waals surface area (Å²) in [5.74, 6) is -0.299. The summed E-state index contributed by atoms with van der Waals surface area (Å²) in [4.78, 5) is 28.9. The monoisotopic (exact) mass is 418 g/mol. The fourth-order valence-corrected chi connectivity index (χ4v) is 3.51. The summed E-state index contributed by atoms with van der Waals surface area (Å²) in [6.45, 7) is 2.57. The molecule has 1 aliphatic heterocycles. The molecule has 0 atom stereocenters. The Hall–Kier alpha value is -3.87. The number of hydrogen-bond donors (Lipinski definition) is 2. The lowest BCUT2D eigenvalue weighted by molar-refractivity contribution is 0.0747. The Morgan fingerprint density at radius 3 is 1.90 bits per heavy atom. The molecule has 1 fully saturated rings. The van der Waals surface area contributed by atoms with Crippen LogP contribution < -0.4 is 15.5 Å². The van der Waals surface area contributed by atoms with Crippen LogP contribution in [0.2, 0.25) is 0 Å². The third-order valence-corrected chi connectivity index (χ3v) is 5.18. The van der Waals surface area contributed by atoms with Crippen LogP contribution >= 0.6 is 0 Å². The van der Waals surface area contributed by atoms with Gasteiger partial charge in [-0.1, -0.05) is 18.2 Å². The van der Waals surface area contributed by atoms with Crippen LogP contribution in [0.3, 0.4) is 0 Å². The van der Waals surface area contributed by atoms with Crippen molar-refractivity contribution in [2.45, 2.75) is 0 Å². The van der Waals surface area contributed by atoms with Crippen LogP contribution in [0.4, 0.5) is 26.2 Å². The molecular formula is C24H23FN4O2. The second-order valence-corrected chi connectivity index (χ2v) is 7.28. The van der Waals surface area contributed by atoms with E-state index in [0.29, 0.717) is 43.1 Å². The normalized spacial score (nSPS) is 13.6. The number of benzene rings is 3. The average molecular weight is 418 g/mol. The van der Waals surface area contributed by atoms with Crippen LogP contribution in [0.15, 0.2) is 78.9 Å². The summed E-state index contributed by atoms with van der Waals surface area (Å²) in [7, 11) is 0. The number of anilines is 3. The highest BCUT2D eigenvalue weighted by molar-refractivity contribution is 6.00. The maximum atomic E-state index is 13.1. The van der Waals surface area contributed by atoms with Gasteiger partial charge in [0.2, 0.25) is 0 Å². The molecule has 1 aliphatic rings. The van der Waals surface area contributed by atoms with E-state index in [1.165, 1.54) is 12.1 Å². The highest BCUT2D eigenvalue weighted by Crippen LogP contribution is 2.19. The molecular weight excluding hydrogens is 395 g/mol. The van der Waals surface area contributed by atoms with E-state index in [1.807, 2.05) is 23.1 Å². The van der Waals surface area contributed by atoms with E-state index in [0.717, 1.165) is 5.69 Å². The molecule has 2 N–H and O–H groups in total. The Labute approximate surface area is 180 Å². The lowest BCUT2D eigenvalue weighted by Crippen LogP contribution is -2.48. The first-order valence-corrected chi connectivity index (χ1v) is 10.1. The highest BCUT2D eigenvalue weighted by atomic mass is 19.1. The number of rotatable bonds is 4. The molecule has 0 radical (unpaired) electrons. The van der Waals surface area contributed by atoms with Gasteiger partial charge >= 0.3 is 6.03 Å². The van der Waals surface area contributed by atoms with Crippen molar-refractivity contribution >= 4 is 29.0 Å². The van der Waals surface area contributed by atoms with Gasteiger partial charge in [0.05, 0.1) is 0 Å². The molecule has 7 heteroatoms. The standard InChI is InChI=1S/C24H23FN4O2/c25-19-8-12-22(13-9-19)28-14-16-29(17-15-28)23(30)18-6-10-21(11-7-18)27-24(31)26-20-4-2-1-3-5-20/h1-13H,14-17H2,(H2,26,27,31). The molecule has 1 heterocycles. The molecule has 0 aromatic heterocycles. The quantitative estimate of drug-likeness (QED) is 0.659. The Morgan fingerprint density at radius 2 is 1.29 bits per heavy atom. The number of urea groups is 1. The predicted octanol–water partition coefficient (Wildman–Crippen LogP) is 4.43. The molecule has 0 aliphatic carbocycles. The SMILES string of the molecule is O=C(Nc1ccccc1)Nc1ccc(C(=O)N2CCN(c3ccc(F)cc3)CC2)cc1. The summed E-state index contributed by atoms with van der Waals surface area (Å²) in [5.41, 5.74) is 2.83. The van der Waals surface area contributed by atoms with Gasteiger partial charge in [-0.3, -0.25) is 4.79 Å². The maximum absolute atomic E-state index is 13.1. The van der Waals surface area contributed by atoms with E-state index < -0.39 is 0 Å². The minimum atomic E-state index is -0.345. The van der Waals surface area contributed by atoms with Crippen molar-refractivity contribution < 1.29 is 14.0 Å². The van der Waals surface area contributed by atoms with Crippen LogP contribution in [0.1, 0.15) is 10.4 Å². The summed E-state index contributed by atoms with van der Waals surface area (Å²) >= 11 is 0. The van der Waals surface area contributed by atoms with Crippen LogP contribution in [0.25, 0.3) is 0 Å². The predicted molar refractivity (Wildman–Crippen MR) is 120 cm³/mol. The smallest absolute Gasteiger partial charge is 0.323 e. The maximum Gasteiger partial charge on any atom is 0.323 e. The van der Waals surface area contributed by atoms with Gasteiger partial charge in [0.15, 0.2) is 0 Å². The molecule has 6 nitrogen and oxygen atoms in total. The summed E-state index contributed by atoms with van der Waals surface area (Å²) < 4.78 is 13.1. The molecule has 0 spiro atoms. The summed E-state index contributed by atoms with van der Waals surface area (Å²) in [6.07, 6.45) is 0. The van der Waals surface area contributed by atoms with Gasteiger partial charge in [-0.05, 0) is 60.7 Å². The Kier molecular flexibility index (Phi) is 6.12. The van der Waals surface area contributed by atoms with E-state index in [-0.39, 0.29) is 17.8 Å². The minimum absolute atomic E-state index is 0.0426. The lowest BCUT2D eigenvalue weighted by Gasteiger charge is -2.36. The van der Waals surface area contributed by atoms with Crippen molar-refractivity contribution in [3.05, 3.63) is 90.2 Å². The molecule has 1 saturated heterocycles. The molecule has 3 amide bonds. The van der Waals surface area contributed by atoms with Crippen molar-refractivity contribution in [3.8, 4) is 0 Å². The van der Waals surface area contributed by atoms with E-state index in [2.05, 4.69) is 15.5 Å². The van der Waals surface area contributed by atoms with E-state index in [9.17, 15) is 14.0 Å². The van der Waals surface area contributed by atoms with Gasteiger partial charge in [-0.15, -0.1) is 0 Å². The number of para-hydroxylation sites is 1. The number of amides is 3. The van der Waals surface area contributed by atoms with Gasteiger partial charge < -0.3 is 20.4 Å². The van der Waals surface area contributed by atoms with E-state index in [4.69, 9.17) is 0 Å². The first kappa shape index (κ1) is 20.4. The van der Waals surface area contributed by atoms with Crippen molar-refractivity contribution in [1.82, 2.24) is 4.90 Å². The number of hydrogen-bond acceptors (Lipinski definition) is 3. The number of halogens is 1. The fraction of sp³-hybridized carbons (Fsp3) is 0.167. The molecule has 158 valence electrons. The minimum Gasteiger partial charge on any atom is -0.368 e. The van der Waals surface area contributed by atoms with Gasteiger partial charge in [0.1, 0.15) is 5.82 Å². The van der Waals surface area contributed by atoms with Crippen LogP contribution in [0, 0.1) is 5.82 Å². The van der Waals surface area contributed by atoms with Crippen molar-refractivity contribution in [3.63, 3.8) is 0 Å². The Balaban J connectivity index is 1.30. The average Bonchev–Trinajstić information content (AvgIpc) is 2.80. The first-order chi connectivity index (χ1) is 15.1. The number of carbonyl (C=O) groups excluding carboxylic acids is 2. The Bertz CT molecular complexity index is 1030. The molecule has 0 bridgehead atoms.